The molecule has 0 saturated heterocycles. The lowest BCUT2D eigenvalue weighted by molar-refractivity contribution is -0.916. The average molecular weight is 491 g/mol. The van der Waals surface area contributed by atoms with Crippen LogP contribution in [-0.4, -0.2) is 89.8 Å². The van der Waals surface area contributed by atoms with Crippen molar-refractivity contribution in [1.82, 2.24) is 0 Å². The molecule has 1 aliphatic rings. The fourth-order valence-electron chi connectivity index (χ4n) is 4.58. The second kappa shape index (κ2) is 22.6. The van der Waals surface area contributed by atoms with Crippen LogP contribution in [0.15, 0.2) is 0 Å². The van der Waals surface area contributed by atoms with Crippen LogP contribution in [0.25, 0.3) is 0 Å². The van der Waals surface area contributed by atoms with E-state index in [2.05, 4.69) is 26.7 Å². The van der Waals surface area contributed by atoms with E-state index in [4.69, 9.17) is 18.9 Å². The average Bonchev–Trinajstić information content (AvgIpc) is 2.83. The van der Waals surface area contributed by atoms with Gasteiger partial charge in [0, 0.05) is 6.61 Å². The maximum Gasteiger partial charge on any atom is 0.102 e. The highest BCUT2D eigenvalue weighted by atomic mass is 32.1. The van der Waals surface area contributed by atoms with Gasteiger partial charge in [0.15, 0.2) is 0 Å². The van der Waals surface area contributed by atoms with Crippen LogP contribution in [0.3, 0.4) is 0 Å². The fourth-order valence-corrected chi connectivity index (χ4v) is 4.80. The summed E-state index contributed by atoms with van der Waals surface area (Å²) < 4.78 is 23.7. The van der Waals surface area contributed by atoms with Crippen LogP contribution in [0.5, 0.6) is 0 Å². The Balaban J connectivity index is 1.71. The number of likely N-dealkylation sites (N-methyl/N-ethyl adjacent to an activating group) is 1. The normalized spacial score (nSPS) is 15.4. The topological polar surface area (TPSA) is 36.9 Å². The van der Waals surface area contributed by atoms with Crippen LogP contribution in [0.1, 0.15) is 89.9 Å². The van der Waals surface area contributed by atoms with Gasteiger partial charge in [0.05, 0.1) is 66.4 Å². The molecular formula is C27H56NO4S+. The number of ether oxygens (including phenoxy) is 4. The summed E-state index contributed by atoms with van der Waals surface area (Å²) in [5.74, 6) is 1.03. The number of quaternary nitrogens is 1. The van der Waals surface area contributed by atoms with E-state index in [1.54, 1.807) is 0 Å². The Morgan fingerprint density at radius 1 is 0.545 bits per heavy atom. The Morgan fingerprint density at radius 2 is 0.970 bits per heavy atom. The number of unbranched alkanes of at least 4 members (excludes halogenated alkanes) is 8. The largest absolute Gasteiger partial charge is 0.379 e. The van der Waals surface area contributed by atoms with Crippen LogP contribution >= 0.6 is 12.6 Å². The lowest BCUT2D eigenvalue weighted by atomic mass is 9.93. The van der Waals surface area contributed by atoms with E-state index in [0.717, 1.165) is 36.0 Å². The lowest BCUT2D eigenvalue weighted by Crippen LogP contribution is -2.51. The van der Waals surface area contributed by atoms with Gasteiger partial charge in [-0.3, -0.25) is 0 Å². The van der Waals surface area contributed by atoms with E-state index >= 15 is 0 Å². The van der Waals surface area contributed by atoms with Crippen LogP contribution in [0, 0.1) is 0 Å². The predicted octanol–water partition coefficient (Wildman–Crippen LogP) is 5.90. The molecule has 1 aliphatic carbocycles. The molecule has 0 heterocycles. The van der Waals surface area contributed by atoms with Gasteiger partial charge in [0.1, 0.15) is 6.54 Å². The van der Waals surface area contributed by atoms with Gasteiger partial charge in [-0.1, -0.05) is 51.4 Å². The fraction of sp³-hybridized carbons (Fsp3) is 1.00. The zero-order valence-corrected chi connectivity index (χ0v) is 23.0. The molecule has 0 unspecified atom stereocenters. The second-order valence-electron chi connectivity index (χ2n) is 10.1. The zero-order chi connectivity index (χ0) is 23.9. The van der Waals surface area contributed by atoms with Gasteiger partial charge in [0.2, 0.25) is 0 Å². The molecule has 5 nitrogen and oxygen atoms in total. The van der Waals surface area contributed by atoms with E-state index < -0.39 is 0 Å². The predicted molar refractivity (Wildman–Crippen MR) is 143 cm³/mol. The van der Waals surface area contributed by atoms with Gasteiger partial charge in [-0.25, -0.2) is 0 Å². The molecule has 0 N–H and O–H groups in total. The number of rotatable bonds is 24. The standard InChI is InChI=1S/C27H55NO4S/c1-28(2,27-15-11-10-12-16-27)17-19-30-21-23-32-25-24-31-22-20-29-18-13-8-6-4-3-5-7-9-14-26-33/h27H,3-26H2,1-2H3/p+1. The summed E-state index contributed by atoms with van der Waals surface area (Å²) in [6.45, 7) is 6.67. The van der Waals surface area contributed by atoms with E-state index in [9.17, 15) is 0 Å². The highest BCUT2D eigenvalue weighted by molar-refractivity contribution is 7.80. The molecule has 198 valence electrons. The molecule has 0 bridgehead atoms. The smallest absolute Gasteiger partial charge is 0.102 e. The molecule has 1 rings (SSSR count). The Hall–Kier alpha value is 0.150. The molecular weight excluding hydrogens is 434 g/mol. The minimum absolute atomic E-state index is 0.627. The first-order valence-corrected chi connectivity index (χ1v) is 14.5. The van der Waals surface area contributed by atoms with Crippen molar-refractivity contribution in [3.05, 3.63) is 0 Å². The first-order valence-electron chi connectivity index (χ1n) is 13.9. The maximum absolute atomic E-state index is 5.79. The third-order valence-corrected chi connectivity index (χ3v) is 7.25. The van der Waals surface area contributed by atoms with Gasteiger partial charge >= 0.3 is 0 Å². The first kappa shape index (κ1) is 31.2. The van der Waals surface area contributed by atoms with Crippen molar-refractivity contribution in [1.29, 1.82) is 0 Å². The molecule has 0 atom stereocenters. The van der Waals surface area contributed by atoms with Crippen molar-refractivity contribution in [2.45, 2.75) is 95.9 Å². The first-order chi connectivity index (χ1) is 16.2. The van der Waals surface area contributed by atoms with Crippen molar-refractivity contribution < 1.29 is 23.4 Å². The van der Waals surface area contributed by atoms with Crippen molar-refractivity contribution in [2.75, 3.05) is 79.2 Å². The molecule has 0 spiro atoms. The van der Waals surface area contributed by atoms with Crippen molar-refractivity contribution in [2.24, 2.45) is 0 Å². The molecule has 0 aromatic carbocycles. The van der Waals surface area contributed by atoms with Crippen LogP contribution < -0.4 is 0 Å². The van der Waals surface area contributed by atoms with Gasteiger partial charge < -0.3 is 23.4 Å². The van der Waals surface area contributed by atoms with Crippen molar-refractivity contribution in [3.63, 3.8) is 0 Å². The number of hydrogen-bond acceptors (Lipinski definition) is 5. The molecule has 0 amide bonds. The van der Waals surface area contributed by atoms with Crippen LogP contribution in [0.4, 0.5) is 0 Å². The van der Waals surface area contributed by atoms with E-state index in [1.807, 2.05) is 0 Å². The van der Waals surface area contributed by atoms with Gasteiger partial charge in [0.25, 0.3) is 0 Å². The third kappa shape index (κ3) is 19.1. The molecule has 0 aromatic rings. The highest BCUT2D eigenvalue weighted by Gasteiger charge is 2.29. The monoisotopic (exact) mass is 490 g/mol. The molecule has 0 aliphatic heterocycles. The Labute approximate surface area is 211 Å². The third-order valence-electron chi connectivity index (χ3n) is 6.94. The Morgan fingerprint density at radius 3 is 1.48 bits per heavy atom. The molecule has 33 heavy (non-hydrogen) atoms. The van der Waals surface area contributed by atoms with Crippen LogP contribution in [-0.2, 0) is 18.9 Å². The summed E-state index contributed by atoms with van der Waals surface area (Å²) in [7, 11) is 4.71. The minimum atomic E-state index is 0.627. The number of hydrogen-bond donors (Lipinski definition) is 1. The molecule has 1 fully saturated rings. The summed E-state index contributed by atoms with van der Waals surface area (Å²) in [5, 5.41) is 0. The Bertz CT molecular complexity index is 406. The van der Waals surface area contributed by atoms with Gasteiger partial charge in [-0.15, -0.1) is 0 Å². The van der Waals surface area contributed by atoms with E-state index in [1.165, 1.54) is 89.9 Å². The molecule has 6 heteroatoms. The molecule has 0 radical (unpaired) electrons. The van der Waals surface area contributed by atoms with Crippen molar-refractivity contribution in [3.8, 4) is 0 Å². The summed E-state index contributed by atoms with van der Waals surface area (Å²) in [6, 6.07) is 0.813. The summed E-state index contributed by atoms with van der Waals surface area (Å²) >= 11 is 4.25. The maximum atomic E-state index is 5.79. The quantitative estimate of drug-likeness (QED) is 0.104. The lowest BCUT2D eigenvalue weighted by Gasteiger charge is -2.40. The Kier molecular flexibility index (Phi) is 21.4. The summed E-state index contributed by atoms with van der Waals surface area (Å²) in [6.07, 6.45) is 18.9. The number of thiol groups is 1. The van der Waals surface area contributed by atoms with Gasteiger partial charge in [-0.2, -0.15) is 12.6 Å². The van der Waals surface area contributed by atoms with E-state index in [-0.39, 0.29) is 0 Å². The van der Waals surface area contributed by atoms with Gasteiger partial charge in [-0.05, 0) is 44.3 Å². The SMILES string of the molecule is C[N+](C)(CCOCCOCCOCCOCCCCCCCCCCCS)C1CCCCC1. The molecule has 1 saturated carbocycles. The van der Waals surface area contributed by atoms with Crippen molar-refractivity contribution >= 4 is 12.6 Å². The summed E-state index contributed by atoms with van der Waals surface area (Å²) in [4.78, 5) is 0. The highest BCUT2D eigenvalue weighted by Crippen LogP contribution is 2.25. The second-order valence-corrected chi connectivity index (χ2v) is 10.6. The summed E-state index contributed by atoms with van der Waals surface area (Å²) in [5.41, 5.74) is 0. The van der Waals surface area contributed by atoms with Crippen LogP contribution in [0.2, 0.25) is 0 Å². The van der Waals surface area contributed by atoms with E-state index in [0.29, 0.717) is 39.6 Å². The molecule has 0 aromatic heterocycles. The zero-order valence-electron chi connectivity index (χ0n) is 22.1. The minimum Gasteiger partial charge on any atom is -0.379 e. The number of nitrogens with zero attached hydrogens (tertiary/aromatic N) is 1.